The number of nitrogens with zero attached hydrogens (tertiary/aromatic N) is 4. The van der Waals surface area contributed by atoms with Crippen molar-refractivity contribution in [3.05, 3.63) is 47.8 Å². The van der Waals surface area contributed by atoms with Gasteiger partial charge in [-0.25, -0.2) is 9.48 Å². The van der Waals surface area contributed by atoms with Crippen molar-refractivity contribution in [2.45, 2.75) is 32.2 Å². The largest absolute Gasteiger partial charge is 0.465 e. The Bertz CT molecular complexity index is 754. The summed E-state index contributed by atoms with van der Waals surface area (Å²) >= 11 is 0. The highest BCUT2D eigenvalue weighted by molar-refractivity contribution is 5.76. The Kier molecular flexibility index (Phi) is 6.40. The highest BCUT2D eigenvalue weighted by atomic mass is 16.4. The molecule has 0 spiro atoms. The van der Waals surface area contributed by atoms with Crippen LogP contribution in [0, 0.1) is 5.92 Å². The van der Waals surface area contributed by atoms with Crippen LogP contribution in [0.5, 0.6) is 0 Å². The molecule has 2 heterocycles. The number of carbonyl (C=O) groups excluding carboxylic acids is 1. The third kappa shape index (κ3) is 5.80. The minimum Gasteiger partial charge on any atom is -0.465 e. The number of hydrogen-bond donors (Lipinski definition) is 2. The Morgan fingerprint density at radius 2 is 1.93 bits per heavy atom. The maximum absolute atomic E-state index is 12.1. The third-order valence-electron chi connectivity index (χ3n) is 4.84. The first-order valence-corrected chi connectivity index (χ1v) is 9.27. The Morgan fingerprint density at radius 3 is 2.63 bits per heavy atom. The highest BCUT2D eigenvalue weighted by Gasteiger charge is 2.23. The number of hydrogen-bond acceptors (Lipinski definition) is 4. The molecule has 27 heavy (non-hydrogen) atoms. The molecular weight excluding hydrogens is 346 g/mol. The number of amides is 2. The van der Waals surface area contributed by atoms with E-state index in [1.54, 1.807) is 4.68 Å². The van der Waals surface area contributed by atoms with Gasteiger partial charge in [-0.2, -0.15) is 0 Å². The summed E-state index contributed by atoms with van der Waals surface area (Å²) in [5.74, 6) is 0.271. The molecule has 1 aliphatic heterocycles. The molecule has 1 saturated heterocycles. The fraction of sp³-hybridized carbons (Fsp3) is 0.474. The van der Waals surface area contributed by atoms with Crippen LogP contribution in [0.4, 0.5) is 4.79 Å². The predicted octanol–water partition coefficient (Wildman–Crippen LogP) is 1.77. The molecule has 0 bridgehead atoms. The molecule has 2 N–H and O–H groups in total. The number of nitrogens with one attached hydrogen (secondary N) is 1. The summed E-state index contributed by atoms with van der Waals surface area (Å²) in [6.07, 6.45) is 3.60. The van der Waals surface area contributed by atoms with E-state index < -0.39 is 6.09 Å². The molecule has 1 aromatic carbocycles. The van der Waals surface area contributed by atoms with Crippen molar-refractivity contribution in [3.8, 4) is 0 Å². The molecule has 0 saturated carbocycles. The number of benzene rings is 1. The zero-order valence-corrected chi connectivity index (χ0v) is 15.3. The fourth-order valence-corrected chi connectivity index (χ4v) is 3.29. The number of piperidine rings is 1. The summed E-state index contributed by atoms with van der Waals surface area (Å²) in [5, 5.41) is 20.2. The van der Waals surface area contributed by atoms with E-state index in [-0.39, 0.29) is 11.8 Å². The molecule has 0 radical (unpaired) electrons. The van der Waals surface area contributed by atoms with Crippen LogP contribution in [-0.4, -0.2) is 56.6 Å². The minimum atomic E-state index is -0.877. The average molecular weight is 371 g/mol. The Labute approximate surface area is 158 Å². The average Bonchev–Trinajstić information content (AvgIpc) is 3.10. The molecule has 2 amide bonds. The maximum atomic E-state index is 12.1. The lowest BCUT2D eigenvalue weighted by molar-refractivity contribution is -0.122. The van der Waals surface area contributed by atoms with Gasteiger partial charge in [-0.15, -0.1) is 5.10 Å². The van der Waals surface area contributed by atoms with Gasteiger partial charge in [0, 0.05) is 38.7 Å². The second-order valence-electron chi connectivity index (χ2n) is 6.91. The zero-order chi connectivity index (χ0) is 19.1. The van der Waals surface area contributed by atoms with Crippen LogP contribution in [0.3, 0.4) is 0 Å². The molecule has 0 aliphatic carbocycles. The van der Waals surface area contributed by atoms with E-state index in [0.29, 0.717) is 39.0 Å². The van der Waals surface area contributed by atoms with Crippen molar-refractivity contribution in [3.63, 3.8) is 0 Å². The molecule has 8 nitrogen and oxygen atoms in total. The van der Waals surface area contributed by atoms with Gasteiger partial charge in [0.05, 0.1) is 12.2 Å². The molecule has 1 aliphatic rings. The third-order valence-corrected chi connectivity index (χ3v) is 4.84. The van der Waals surface area contributed by atoms with Crippen molar-refractivity contribution in [2.75, 3.05) is 19.6 Å². The SMILES string of the molecule is O=C(CC1CCN(C(=O)O)CC1)NCCc1cn(Cc2ccccc2)nn1. The van der Waals surface area contributed by atoms with Crippen LogP contribution < -0.4 is 5.32 Å². The predicted molar refractivity (Wildman–Crippen MR) is 99.2 cm³/mol. The number of carbonyl (C=O) groups is 2. The van der Waals surface area contributed by atoms with Gasteiger partial charge in [-0.1, -0.05) is 35.5 Å². The molecule has 0 unspecified atom stereocenters. The van der Waals surface area contributed by atoms with Crippen molar-refractivity contribution in [1.82, 2.24) is 25.2 Å². The van der Waals surface area contributed by atoms with Crippen molar-refractivity contribution in [2.24, 2.45) is 5.92 Å². The van der Waals surface area contributed by atoms with Crippen LogP contribution in [0.15, 0.2) is 36.5 Å². The Hall–Kier alpha value is -2.90. The number of likely N-dealkylation sites (tertiary alicyclic amines) is 1. The summed E-state index contributed by atoms with van der Waals surface area (Å²) in [6.45, 7) is 2.22. The lowest BCUT2D eigenvalue weighted by atomic mass is 9.93. The number of rotatable bonds is 7. The first-order chi connectivity index (χ1) is 13.1. The first kappa shape index (κ1) is 18.9. The molecule has 3 rings (SSSR count). The normalized spacial score (nSPS) is 14.9. The van der Waals surface area contributed by atoms with Crippen LogP contribution >= 0.6 is 0 Å². The van der Waals surface area contributed by atoms with Gasteiger partial charge in [-0.05, 0) is 24.3 Å². The molecular formula is C19H25N5O3. The summed E-state index contributed by atoms with van der Waals surface area (Å²) in [5.41, 5.74) is 2.01. The molecule has 144 valence electrons. The first-order valence-electron chi connectivity index (χ1n) is 9.27. The van der Waals surface area contributed by atoms with Gasteiger partial charge >= 0.3 is 6.09 Å². The second-order valence-corrected chi connectivity index (χ2v) is 6.91. The molecule has 2 aromatic rings. The van der Waals surface area contributed by atoms with E-state index in [0.717, 1.165) is 24.1 Å². The highest BCUT2D eigenvalue weighted by Crippen LogP contribution is 2.20. The van der Waals surface area contributed by atoms with Gasteiger partial charge < -0.3 is 15.3 Å². The van der Waals surface area contributed by atoms with E-state index in [1.165, 1.54) is 4.90 Å². The molecule has 1 aromatic heterocycles. The molecule has 0 atom stereocenters. The summed E-state index contributed by atoms with van der Waals surface area (Å²) in [7, 11) is 0. The van der Waals surface area contributed by atoms with Gasteiger partial charge in [0.25, 0.3) is 0 Å². The minimum absolute atomic E-state index is 0.0143. The monoisotopic (exact) mass is 371 g/mol. The van der Waals surface area contributed by atoms with Gasteiger partial charge in [0.15, 0.2) is 0 Å². The standard InChI is InChI=1S/C19H25N5O3/c25-18(12-15-7-10-23(11-8-15)19(26)27)20-9-6-17-14-24(22-21-17)13-16-4-2-1-3-5-16/h1-5,14-15H,6-13H2,(H,20,25)(H,26,27). The van der Waals surface area contributed by atoms with E-state index in [2.05, 4.69) is 15.6 Å². The van der Waals surface area contributed by atoms with Gasteiger partial charge in [0.2, 0.25) is 5.91 Å². The van der Waals surface area contributed by atoms with E-state index >= 15 is 0 Å². The summed E-state index contributed by atoms with van der Waals surface area (Å²) in [4.78, 5) is 24.4. The summed E-state index contributed by atoms with van der Waals surface area (Å²) in [6, 6.07) is 10.1. The van der Waals surface area contributed by atoms with Crippen molar-refractivity contribution < 1.29 is 14.7 Å². The quantitative estimate of drug-likeness (QED) is 0.772. The summed E-state index contributed by atoms with van der Waals surface area (Å²) < 4.78 is 1.79. The Balaban J connectivity index is 1.35. The van der Waals surface area contributed by atoms with Gasteiger partial charge in [0.1, 0.15) is 0 Å². The van der Waals surface area contributed by atoms with E-state index in [1.807, 2.05) is 36.5 Å². The van der Waals surface area contributed by atoms with Crippen LogP contribution in [0.1, 0.15) is 30.5 Å². The van der Waals surface area contributed by atoms with Gasteiger partial charge in [-0.3, -0.25) is 4.79 Å². The zero-order valence-electron chi connectivity index (χ0n) is 15.3. The number of aromatic nitrogens is 3. The lowest BCUT2D eigenvalue weighted by Gasteiger charge is -2.29. The topological polar surface area (TPSA) is 100 Å². The van der Waals surface area contributed by atoms with Crippen molar-refractivity contribution >= 4 is 12.0 Å². The molecule has 1 fully saturated rings. The lowest BCUT2D eigenvalue weighted by Crippen LogP contribution is -2.39. The second kappa shape index (κ2) is 9.16. The smallest absolute Gasteiger partial charge is 0.407 e. The fourth-order valence-electron chi connectivity index (χ4n) is 3.29. The van der Waals surface area contributed by atoms with Crippen LogP contribution in [-0.2, 0) is 17.8 Å². The van der Waals surface area contributed by atoms with Crippen molar-refractivity contribution in [1.29, 1.82) is 0 Å². The van der Waals surface area contributed by atoms with E-state index in [9.17, 15) is 9.59 Å². The molecule has 8 heteroatoms. The maximum Gasteiger partial charge on any atom is 0.407 e. The van der Waals surface area contributed by atoms with E-state index in [4.69, 9.17) is 5.11 Å². The number of carboxylic acid groups (broad SMARTS) is 1. The Morgan fingerprint density at radius 1 is 1.19 bits per heavy atom. The van der Waals surface area contributed by atoms with Crippen LogP contribution in [0.25, 0.3) is 0 Å². The van der Waals surface area contributed by atoms with Crippen LogP contribution in [0.2, 0.25) is 0 Å².